The average Bonchev–Trinajstić information content (AvgIpc) is 3.12. The van der Waals surface area contributed by atoms with Crippen molar-refractivity contribution in [2.75, 3.05) is 23.7 Å². The molecule has 1 saturated heterocycles. The quantitative estimate of drug-likeness (QED) is 0.652. The number of anilines is 1. The molecule has 1 aliphatic rings. The largest absolute Gasteiger partial charge is 0.350 e. The third-order valence-electron chi connectivity index (χ3n) is 5.25. The normalized spacial score (nSPS) is 14.0. The predicted molar refractivity (Wildman–Crippen MR) is 121 cm³/mol. The highest BCUT2D eigenvalue weighted by Crippen LogP contribution is 2.28. The lowest BCUT2D eigenvalue weighted by Crippen LogP contribution is -2.40. The van der Waals surface area contributed by atoms with Gasteiger partial charge in [-0.2, -0.15) is 0 Å². The fourth-order valence-electron chi connectivity index (χ4n) is 3.49. The molecule has 0 radical (unpaired) electrons. The maximum atomic E-state index is 12.5. The lowest BCUT2D eigenvalue weighted by Gasteiger charge is -2.24. The molecule has 3 rings (SSSR count). The van der Waals surface area contributed by atoms with Crippen molar-refractivity contribution in [1.29, 1.82) is 0 Å². The minimum atomic E-state index is -3.68. The molecule has 0 saturated carbocycles. The van der Waals surface area contributed by atoms with Crippen LogP contribution in [0.25, 0.3) is 0 Å². The number of nitrogens with one attached hydrogen (secondary N) is 1. The number of nitrogens with zero attached hydrogens (tertiary/aromatic N) is 2. The van der Waals surface area contributed by atoms with Crippen molar-refractivity contribution >= 4 is 39.1 Å². The highest BCUT2D eigenvalue weighted by atomic mass is 35.5. The first-order valence-corrected chi connectivity index (χ1v) is 12.2. The Labute approximate surface area is 188 Å². The number of likely N-dealkylation sites (tertiary alicyclic amines) is 1. The van der Waals surface area contributed by atoms with Crippen LogP contribution in [0.2, 0.25) is 5.02 Å². The van der Waals surface area contributed by atoms with E-state index in [1.807, 2.05) is 29.2 Å². The highest BCUT2D eigenvalue weighted by molar-refractivity contribution is 7.92. The number of benzene rings is 2. The van der Waals surface area contributed by atoms with Crippen molar-refractivity contribution in [3.05, 3.63) is 64.2 Å². The molecule has 1 N–H and O–H groups in total. The Balaban J connectivity index is 1.60. The van der Waals surface area contributed by atoms with Gasteiger partial charge in [-0.3, -0.25) is 13.9 Å². The zero-order valence-corrected chi connectivity index (χ0v) is 19.2. The average molecular weight is 464 g/mol. The molecule has 0 aromatic heterocycles. The molecule has 0 aliphatic carbocycles. The van der Waals surface area contributed by atoms with Crippen molar-refractivity contribution in [3.63, 3.8) is 0 Å². The summed E-state index contributed by atoms with van der Waals surface area (Å²) in [6.45, 7) is 3.03. The van der Waals surface area contributed by atoms with E-state index >= 15 is 0 Å². The van der Waals surface area contributed by atoms with Crippen molar-refractivity contribution < 1.29 is 18.0 Å². The van der Waals surface area contributed by atoms with E-state index < -0.39 is 15.9 Å². The van der Waals surface area contributed by atoms with E-state index in [1.165, 1.54) is 0 Å². The van der Waals surface area contributed by atoms with Crippen LogP contribution in [0.4, 0.5) is 5.69 Å². The molecule has 0 spiro atoms. The number of amides is 2. The second kappa shape index (κ2) is 9.70. The predicted octanol–water partition coefficient (Wildman–Crippen LogP) is 2.85. The zero-order valence-electron chi connectivity index (χ0n) is 17.6. The van der Waals surface area contributed by atoms with Crippen LogP contribution in [0.5, 0.6) is 0 Å². The van der Waals surface area contributed by atoms with Gasteiger partial charge in [-0.1, -0.05) is 41.9 Å². The summed E-state index contributed by atoms with van der Waals surface area (Å²) < 4.78 is 25.6. The van der Waals surface area contributed by atoms with Crippen LogP contribution in [0.15, 0.2) is 42.5 Å². The van der Waals surface area contributed by atoms with Crippen LogP contribution in [0.3, 0.4) is 0 Å². The Morgan fingerprint density at radius 2 is 1.84 bits per heavy atom. The molecule has 1 aliphatic heterocycles. The van der Waals surface area contributed by atoms with Crippen molar-refractivity contribution in [3.8, 4) is 0 Å². The number of rotatable bonds is 8. The maximum absolute atomic E-state index is 12.5. The summed E-state index contributed by atoms with van der Waals surface area (Å²) in [5, 5.41) is 3.20. The lowest BCUT2D eigenvalue weighted by atomic mass is 10.1. The van der Waals surface area contributed by atoms with Crippen LogP contribution in [0, 0.1) is 6.92 Å². The summed E-state index contributed by atoms with van der Waals surface area (Å²) in [6.07, 6.45) is 2.58. The number of hydrogen-bond donors (Lipinski definition) is 1. The molecule has 7 nitrogen and oxygen atoms in total. The molecule has 2 amide bonds. The van der Waals surface area contributed by atoms with Gasteiger partial charge in [0.05, 0.1) is 11.9 Å². The summed E-state index contributed by atoms with van der Waals surface area (Å²) >= 11 is 6.12. The molecule has 1 fully saturated rings. The first-order chi connectivity index (χ1) is 14.6. The van der Waals surface area contributed by atoms with E-state index in [0.717, 1.165) is 34.7 Å². The maximum Gasteiger partial charge on any atom is 0.241 e. The van der Waals surface area contributed by atoms with Gasteiger partial charge >= 0.3 is 0 Å². The molecule has 9 heteroatoms. The smallest absolute Gasteiger partial charge is 0.241 e. The third-order valence-corrected chi connectivity index (χ3v) is 6.79. The Bertz CT molecular complexity index is 1070. The number of sulfonamides is 1. The van der Waals surface area contributed by atoms with Crippen molar-refractivity contribution in [2.24, 2.45) is 0 Å². The standard InChI is InChI=1S/C22H26ClN3O4S/c1-16-19(23)5-3-6-20(16)26(31(2,29)30)15-21(27)24-13-17-8-10-18(11-9-17)14-25-12-4-7-22(25)28/h3,5-6,8-11H,4,7,12-15H2,1-2H3,(H,24,27). The van der Waals surface area contributed by atoms with Crippen molar-refractivity contribution in [2.45, 2.75) is 32.9 Å². The minimum absolute atomic E-state index is 0.182. The number of carbonyl (C=O) groups is 2. The molecule has 166 valence electrons. The van der Waals surface area contributed by atoms with E-state index in [2.05, 4.69) is 5.32 Å². The van der Waals surface area contributed by atoms with Crippen LogP contribution < -0.4 is 9.62 Å². The summed E-state index contributed by atoms with van der Waals surface area (Å²) in [4.78, 5) is 26.1. The summed E-state index contributed by atoms with van der Waals surface area (Å²) in [7, 11) is -3.68. The van der Waals surface area contributed by atoms with E-state index in [0.29, 0.717) is 29.2 Å². The van der Waals surface area contributed by atoms with Gasteiger partial charge in [-0.15, -0.1) is 0 Å². The first kappa shape index (κ1) is 23.1. The van der Waals surface area contributed by atoms with Crippen LogP contribution in [-0.4, -0.2) is 44.5 Å². The second-order valence-corrected chi connectivity index (χ2v) is 9.98. The second-order valence-electron chi connectivity index (χ2n) is 7.67. The monoisotopic (exact) mass is 463 g/mol. The van der Waals surface area contributed by atoms with Crippen LogP contribution in [-0.2, 0) is 32.7 Å². The lowest BCUT2D eigenvalue weighted by molar-refractivity contribution is -0.128. The molecule has 1 heterocycles. The van der Waals surface area contributed by atoms with E-state index in [1.54, 1.807) is 25.1 Å². The summed E-state index contributed by atoms with van der Waals surface area (Å²) in [5.41, 5.74) is 2.89. The van der Waals surface area contributed by atoms with Gasteiger partial charge in [-0.05, 0) is 42.2 Å². The van der Waals surface area contributed by atoms with Crippen molar-refractivity contribution in [1.82, 2.24) is 10.2 Å². The van der Waals surface area contributed by atoms with Gasteiger partial charge in [-0.25, -0.2) is 8.42 Å². The Morgan fingerprint density at radius 3 is 2.45 bits per heavy atom. The van der Waals surface area contributed by atoms with Crippen LogP contribution in [0.1, 0.15) is 29.5 Å². The Hall–Kier alpha value is -2.58. The molecular formula is C22H26ClN3O4S. The fourth-order valence-corrected chi connectivity index (χ4v) is 4.56. The van der Waals surface area contributed by atoms with E-state index in [-0.39, 0.29) is 19.0 Å². The SMILES string of the molecule is Cc1c(Cl)cccc1N(CC(=O)NCc1ccc(CN2CCCC2=O)cc1)S(C)(=O)=O. The number of halogens is 1. The fraction of sp³-hybridized carbons (Fsp3) is 0.364. The number of carbonyl (C=O) groups excluding carboxylic acids is 2. The van der Waals surface area contributed by atoms with Crippen LogP contribution >= 0.6 is 11.6 Å². The molecule has 0 atom stereocenters. The van der Waals surface area contributed by atoms with Gasteiger partial charge in [0.2, 0.25) is 21.8 Å². The Morgan fingerprint density at radius 1 is 1.16 bits per heavy atom. The Kier molecular flexibility index (Phi) is 7.23. The minimum Gasteiger partial charge on any atom is -0.350 e. The molecule has 2 aromatic carbocycles. The zero-order chi connectivity index (χ0) is 22.6. The number of hydrogen-bond acceptors (Lipinski definition) is 4. The summed E-state index contributed by atoms with van der Waals surface area (Å²) in [6, 6.07) is 12.6. The van der Waals surface area contributed by atoms with E-state index in [9.17, 15) is 18.0 Å². The molecule has 0 unspecified atom stereocenters. The molecule has 31 heavy (non-hydrogen) atoms. The van der Waals surface area contributed by atoms with Gasteiger partial charge in [0.15, 0.2) is 0 Å². The highest BCUT2D eigenvalue weighted by Gasteiger charge is 2.23. The first-order valence-electron chi connectivity index (χ1n) is 10.0. The summed E-state index contributed by atoms with van der Waals surface area (Å²) in [5.74, 6) is -0.238. The topological polar surface area (TPSA) is 86.8 Å². The van der Waals surface area contributed by atoms with Gasteiger partial charge in [0, 0.05) is 31.1 Å². The van der Waals surface area contributed by atoms with Gasteiger partial charge in [0.1, 0.15) is 6.54 Å². The third kappa shape index (κ3) is 5.98. The molecule has 0 bridgehead atoms. The molecule has 2 aromatic rings. The van der Waals surface area contributed by atoms with E-state index in [4.69, 9.17) is 11.6 Å². The van der Waals surface area contributed by atoms with Gasteiger partial charge in [0.25, 0.3) is 0 Å². The van der Waals surface area contributed by atoms with Gasteiger partial charge < -0.3 is 10.2 Å². The molecular weight excluding hydrogens is 438 g/mol.